The van der Waals surface area contributed by atoms with Crippen LogP contribution >= 0.6 is 12.4 Å². The van der Waals surface area contributed by atoms with Gasteiger partial charge in [0.15, 0.2) is 0 Å². The number of hydrogen-bond acceptors (Lipinski definition) is 4. The number of amides is 1. The highest BCUT2D eigenvalue weighted by molar-refractivity contribution is 5.86. The molecule has 22 heavy (non-hydrogen) atoms. The summed E-state index contributed by atoms with van der Waals surface area (Å²) >= 11 is 0. The molecule has 1 aliphatic heterocycles. The first-order valence-electron chi connectivity index (χ1n) is 7.17. The molecular weight excluding hydrogens is 306 g/mol. The zero-order valence-electron chi connectivity index (χ0n) is 12.9. The molecule has 1 saturated heterocycles. The van der Waals surface area contributed by atoms with E-state index >= 15 is 0 Å². The van der Waals surface area contributed by atoms with Crippen molar-refractivity contribution in [2.45, 2.75) is 38.3 Å². The Balaban J connectivity index is 0.00000242. The lowest BCUT2D eigenvalue weighted by Crippen LogP contribution is -2.57. The molecule has 6 nitrogen and oxygen atoms in total. The Hall–Kier alpha value is -1.66. The van der Waals surface area contributed by atoms with Crippen LogP contribution < -0.4 is 5.32 Å². The SMILES string of the molecule is CN(Cc1ccccc1[N+](=O)[O-])C(=O)C1(C)CCCCN1.Cl. The second-order valence-corrected chi connectivity index (χ2v) is 5.76. The van der Waals surface area contributed by atoms with Crippen molar-refractivity contribution < 1.29 is 9.72 Å². The van der Waals surface area contributed by atoms with Crippen LogP contribution in [-0.2, 0) is 11.3 Å². The van der Waals surface area contributed by atoms with E-state index in [9.17, 15) is 14.9 Å². The van der Waals surface area contributed by atoms with Crippen molar-refractivity contribution in [3.63, 3.8) is 0 Å². The maximum atomic E-state index is 12.6. The van der Waals surface area contributed by atoms with E-state index in [-0.39, 0.29) is 30.5 Å². The minimum atomic E-state index is -0.559. The van der Waals surface area contributed by atoms with E-state index in [4.69, 9.17) is 0 Å². The number of carbonyl (C=O) groups excluding carboxylic acids is 1. The third kappa shape index (κ3) is 3.96. The minimum absolute atomic E-state index is 0. The Morgan fingerprint density at radius 3 is 2.68 bits per heavy atom. The van der Waals surface area contributed by atoms with Crippen LogP contribution in [0.5, 0.6) is 0 Å². The number of nitrogens with zero attached hydrogens (tertiary/aromatic N) is 2. The van der Waals surface area contributed by atoms with Gasteiger partial charge in [-0.2, -0.15) is 0 Å². The number of piperidine rings is 1. The minimum Gasteiger partial charge on any atom is -0.340 e. The number of nitro benzene ring substituents is 1. The highest BCUT2D eigenvalue weighted by Crippen LogP contribution is 2.24. The average Bonchev–Trinajstić information content (AvgIpc) is 2.47. The highest BCUT2D eigenvalue weighted by atomic mass is 35.5. The summed E-state index contributed by atoms with van der Waals surface area (Å²) in [7, 11) is 1.70. The highest BCUT2D eigenvalue weighted by Gasteiger charge is 2.36. The lowest BCUT2D eigenvalue weighted by atomic mass is 9.89. The number of halogens is 1. The molecule has 122 valence electrons. The predicted molar refractivity (Wildman–Crippen MR) is 87.1 cm³/mol. The van der Waals surface area contributed by atoms with Crippen LogP contribution in [0.2, 0.25) is 0 Å². The summed E-state index contributed by atoms with van der Waals surface area (Å²) in [6.45, 7) is 2.99. The summed E-state index contributed by atoms with van der Waals surface area (Å²) in [6, 6.07) is 6.54. The number of likely N-dealkylation sites (N-methyl/N-ethyl adjacent to an activating group) is 1. The Kier molecular flexibility index (Phi) is 6.32. The zero-order chi connectivity index (χ0) is 15.5. The van der Waals surface area contributed by atoms with E-state index in [2.05, 4.69) is 5.32 Å². The van der Waals surface area contributed by atoms with Crippen LogP contribution in [0, 0.1) is 10.1 Å². The molecule has 0 bridgehead atoms. The van der Waals surface area contributed by atoms with Gasteiger partial charge in [-0.1, -0.05) is 18.2 Å². The van der Waals surface area contributed by atoms with Gasteiger partial charge in [-0.3, -0.25) is 14.9 Å². The van der Waals surface area contributed by atoms with Gasteiger partial charge in [-0.15, -0.1) is 12.4 Å². The molecule has 1 N–H and O–H groups in total. The van der Waals surface area contributed by atoms with Crippen LogP contribution in [0.1, 0.15) is 31.7 Å². The molecule has 1 amide bonds. The van der Waals surface area contributed by atoms with Gasteiger partial charge < -0.3 is 10.2 Å². The first-order chi connectivity index (χ1) is 9.94. The second-order valence-electron chi connectivity index (χ2n) is 5.76. The molecule has 7 heteroatoms. The van der Waals surface area contributed by atoms with Gasteiger partial charge in [0.05, 0.1) is 17.0 Å². The number of rotatable bonds is 4. The zero-order valence-corrected chi connectivity index (χ0v) is 13.7. The van der Waals surface area contributed by atoms with Gasteiger partial charge in [-0.05, 0) is 32.7 Å². The molecule has 0 spiro atoms. The number of hydrogen-bond donors (Lipinski definition) is 1. The molecule has 1 atom stereocenters. The second kappa shape index (κ2) is 7.56. The first-order valence-corrected chi connectivity index (χ1v) is 7.17. The molecule has 1 aromatic carbocycles. The quantitative estimate of drug-likeness (QED) is 0.681. The van der Waals surface area contributed by atoms with E-state index in [0.717, 1.165) is 25.8 Å². The lowest BCUT2D eigenvalue weighted by molar-refractivity contribution is -0.385. The largest absolute Gasteiger partial charge is 0.340 e. The molecule has 0 aromatic heterocycles. The summed E-state index contributed by atoms with van der Waals surface area (Å²) in [4.78, 5) is 24.8. The van der Waals surface area contributed by atoms with Gasteiger partial charge in [0.1, 0.15) is 0 Å². The van der Waals surface area contributed by atoms with E-state index < -0.39 is 10.5 Å². The molecule has 1 aromatic rings. The number of benzene rings is 1. The Bertz CT molecular complexity index is 545. The molecule has 0 aliphatic carbocycles. The van der Waals surface area contributed by atoms with Gasteiger partial charge in [0, 0.05) is 18.7 Å². The smallest absolute Gasteiger partial charge is 0.274 e. The summed E-state index contributed by atoms with van der Waals surface area (Å²) in [6.07, 6.45) is 2.90. The van der Waals surface area contributed by atoms with E-state index in [0.29, 0.717) is 5.56 Å². The van der Waals surface area contributed by atoms with Crippen LogP contribution in [0.25, 0.3) is 0 Å². The van der Waals surface area contributed by atoms with Gasteiger partial charge in [0.2, 0.25) is 5.91 Å². The Labute approximate surface area is 136 Å². The van der Waals surface area contributed by atoms with Crippen molar-refractivity contribution in [3.8, 4) is 0 Å². The predicted octanol–water partition coefficient (Wildman–Crippen LogP) is 2.51. The normalized spacial score (nSPS) is 20.8. The van der Waals surface area contributed by atoms with E-state index in [1.807, 2.05) is 6.92 Å². The lowest BCUT2D eigenvalue weighted by Gasteiger charge is -2.36. The number of nitrogens with one attached hydrogen (secondary N) is 1. The van der Waals surface area contributed by atoms with Crippen molar-refractivity contribution in [3.05, 3.63) is 39.9 Å². The molecule has 1 heterocycles. The van der Waals surface area contributed by atoms with Crippen molar-refractivity contribution in [2.75, 3.05) is 13.6 Å². The average molecular weight is 328 g/mol. The first kappa shape index (κ1) is 18.4. The topological polar surface area (TPSA) is 75.5 Å². The maximum absolute atomic E-state index is 12.6. The maximum Gasteiger partial charge on any atom is 0.274 e. The van der Waals surface area contributed by atoms with E-state index in [1.54, 1.807) is 30.1 Å². The van der Waals surface area contributed by atoms with Crippen molar-refractivity contribution in [1.29, 1.82) is 0 Å². The standard InChI is InChI=1S/C15H21N3O3.ClH/c1-15(9-5-6-10-16-15)14(19)17(2)11-12-7-3-4-8-13(12)18(20)21;/h3-4,7-8,16H,5-6,9-11H2,1-2H3;1H. The van der Waals surface area contributed by atoms with Crippen LogP contribution in [0.15, 0.2) is 24.3 Å². The summed E-state index contributed by atoms with van der Waals surface area (Å²) in [5.74, 6) is -0.0136. The number of para-hydroxylation sites is 1. The third-order valence-electron chi connectivity index (χ3n) is 4.03. The van der Waals surface area contributed by atoms with Crippen molar-refractivity contribution >= 4 is 24.0 Å². The summed E-state index contributed by atoms with van der Waals surface area (Å²) < 4.78 is 0. The monoisotopic (exact) mass is 327 g/mol. The molecule has 1 aliphatic rings. The molecular formula is C15H22ClN3O3. The number of carbonyl (C=O) groups is 1. The fraction of sp³-hybridized carbons (Fsp3) is 0.533. The molecule has 1 unspecified atom stereocenters. The Morgan fingerprint density at radius 2 is 2.09 bits per heavy atom. The van der Waals surface area contributed by atoms with Crippen LogP contribution in [0.4, 0.5) is 5.69 Å². The van der Waals surface area contributed by atoms with Gasteiger partial charge in [0.25, 0.3) is 5.69 Å². The fourth-order valence-corrected chi connectivity index (χ4v) is 2.81. The van der Waals surface area contributed by atoms with Crippen LogP contribution in [0.3, 0.4) is 0 Å². The molecule has 2 rings (SSSR count). The van der Waals surface area contributed by atoms with Crippen molar-refractivity contribution in [1.82, 2.24) is 10.2 Å². The van der Waals surface area contributed by atoms with E-state index in [1.165, 1.54) is 6.07 Å². The summed E-state index contributed by atoms with van der Waals surface area (Å²) in [5.41, 5.74) is 0.0491. The Morgan fingerprint density at radius 1 is 1.41 bits per heavy atom. The third-order valence-corrected chi connectivity index (χ3v) is 4.03. The number of nitro groups is 1. The van der Waals surface area contributed by atoms with Crippen molar-refractivity contribution in [2.24, 2.45) is 0 Å². The molecule has 0 saturated carbocycles. The molecule has 0 radical (unpaired) electrons. The summed E-state index contributed by atoms with van der Waals surface area (Å²) in [5, 5.41) is 14.3. The van der Waals surface area contributed by atoms with Gasteiger partial charge in [-0.25, -0.2) is 0 Å². The molecule has 1 fully saturated rings. The van der Waals surface area contributed by atoms with Gasteiger partial charge >= 0.3 is 0 Å². The fourth-order valence-electron chi connectivity index (χ4n) is 2.81. The van der Waals surface area contributed by atoms with Crippen LogP contribution in [-0.4, -0.2) is 34.9 Å².